The van der Waals surface area contributed by atoms with Crippen LogP contribution in [0.2, 0.25) is 0 Å². The summed E-state index contributed by atoms with van der Waals surface area (Å²) in [5.41, 5.74) is 13.7. The number of anilines is 3. The van der Waals surface area contributed by atoms with E-state index in [1.165, 1.54) is 12.5 Å². The van der Waals surface area contributed by atoms with Gasteiger partial charge in [-0.3, -0.25) is 4.79 Å². The number of nitrogens with zero attached hydrogens (tertiary/aromatic N) is 3. The number of amides is 1. The van der Waals surface area contributed by atoms with Gasteiger partial charge >= 0.3 is 0 Å². The van der Waals surface area contributed by atoms with Gasteiger partial charge < -0.3 is 31.4 Å². The molecule has 2 heterocycles. The summed E-state index contributed by atoms with van der Waals surface area (Å²) in [6.45, 7) is 0.803. The largest absolute Gasteiger partial charge is 0.383 e. The van der Waals surface area contributed by atoms with Gasteiger partial charge in [0.25, 0.3) is 5.91 Å². The molecular weight excluding hydrogens is 362 g/mol. The first-order valence-corrected chi connectivity index (χ1v) is 8.50. The zero-order chi connectivity index (χ0) is 19.9. The second kappa shape index (κ2) is 8.93. The second-order valence-corrected chi connectivity index (χ2v) is 6.01. The van der Waals surface area contributed by atoms with Crippen LogP contribution in [0.5, 0.6) is 0 Å². The molecule has 3 rings (SSSR count). The van der Waals surface area contributed by atoms with E-state index < -0.39 is 5.91 Å². The predicted octanol–water partition coefficient (Wildman–Crippen LogP) is 1.36. The number of nitrogens with two attached hydrogens (primary N) is 2. The monoisotopic (exact) mass is 383 g/mol. The number of rotatable bonds is 9. The van der Waals surface area contributed by atoms with Crippen LogP contribution < -0.4 is 22.1 Å². The molecule has 0 saturated carbocycles. The van der Waals surface area contributed by atoms with Crippen molar-refractivity contribution in [3.63, 3.8) is 0 Å². The molecule has 0 unspecified atom stereocenters. The molecule has 1 aromatic carbocycles. The zero-order valence-electron chi connectivity index (χ0n) is 15.3. The Kier molecular flexibility index (Phi) is 6.14. The molecule has 0 spiro atoms. The molecule has 3 aromatic rings. The molecule has 0 radical (unpaired) electrons. The zero-order valence-corrected chi connectivity index (χ0v) is 15.3. The highest BCUT2D eigenvalue weighted by atomic mass is 16.5. The molecule has 0 aliphatic heterocycles. The van der Waals surface area contributed by atoms with E-state index in [2.05, 4.69) is 25.8 Å². The average Bonchev–Trinajstić information content (AvgIpc) is 3.22. The molecule has 2 aromatic heterocycles. The van der Waals surface area contributed by atoms with Gasteiger partial charge in [0, 0.05) is 43.2 Å². The molecule has 0 saturated heterocycles. The summed E-state index contributed by atoms with van der Waals surface area (Å²) >= 11 is 0. The van der Waals surface area contributed by atoms with Crippen molar-refractivity contribution in [3.05, 3.63) is 48.4 Å². The SMILES string of the molecule is COC[C@H](N)CNc1ncc(C(N)=O)c(Nc2cccc(-c3ccon3)c2)n1. The first-order chi connectivity index (χ1) is 13.6. The quantitative estimate of drug-likeness (QED) is 0.428. The van der Waals surface area contributed by atoms with Crippen molar-refractivity contribution in [2.75, 3.05) is 30.9 Å². The topological polar surface area (TPSA) is 154 Å². The fraction of sp³-hybridized carbons (Fsp3) is 0.222. The van der Waals surface area contributed by atoms with Gasteiger partial charge in [-0.15, -0.1) is 0 Å². The number of primary amides is 1. The van der Waals surface area contributed by atoms with E-state index in [0.717, 1.165) is 5.56 Å². The van der Waals surface area contributed by atoms with Crippen LogP contribution in [0.3, 0.4) is 0 Å². The van der Waals surface area contributed by atoms with E-state index in [1.54, 1.807) is 13.2 Å². The van der Waals surface area contributed by atoms with Crippen molar-refractivity contribution >= 4 is 23.4 Å². The summed E-state index contributed by atoms with van der Waals surface area (Å²) in [6.07, 6.45) is 2.86. The Bertz CT molecular complexity index is 931. The average molecular weight is 383 g/mol. The third kappa shape index (κ3) is 4.81. The van der Waals surface area contributed by atoms with Crippen molar-refractivity contribution in [2.24, 2.45) is 11.5 Å². The molecule has 28 heavy (non-hydrogen) atoms. The standard InChI is InChI=1S/C18H21N7O3/c1-27-10-12(19)8-21-18-22-9-14(16(20)26)17(24-18)23-13-4-2-3-11(7-13)15-5-6-28-25-15/h2-7,9,12H,8,10,19H2,1H3,(H2,20,26)(H2,21,22,23,24)/t12-/m1/s1. The molecule has 146 valence electrons. The van der Waals surface area contributed by atoms with Crippen LogP contribution in [-0.2, 0) is 4.74 Å². The minimum atomic E-state index is -0.641. The van der Waals surface area contributed by atoms with Gasteiger partial charge in [0.05, 0.1) is 6.61 Å². The lowest BCUT2D eigenvalue weighted by Gasteiger charge is -2.14. The van der Waals surface area contributed by atoms with Crippen LogP contribution >= 0.6 is 0 Å². The van der Waals surface area contributed by atoms with Crippen LogP contribution in [-0.4, -0.2) is 47.3 Å². The summed E-state index contributed by atoms with van der Waals surface area (Å²) in [7, 11) is 1.58. The van der Waals surface area contributed by atoms with E-state index in [1.807, 2.05) is 24.3 Å². The molecule has 0 fully saturated rings. The first kappa shape index (κ1) is 19.3. The minimum Gasteiger partial charge on any atom is -0.383 e. The third-order valence-electron chi connectivity index (χ3n) is 3.82. The first-order valence-electron chi connectivity index (χ1n) is 8.50. The number of hydrogen-bond acceptors (Lipinski definition) is 9. The molecule has 1 amide bonds. The van der Waals surface area contributed by atoms with Gasteiger partial charge in [0.1, 0.15) is 23.3 Å². The fourth-order valence-electron chi connectivity index (χ4n) is 2.49. The Hall–Kier alpha value is -3.50. The summed E-state index contributed by atoms with van der Waals surface area (Å²) in [5, 5.41) is 10.0. The van der Waals surface area contributed by atoms with E-state index in [-0.39, 0.29) is 17.4 Å². The Morgan fingerprint density at radius 3 is 2.93 bits per heavy atom. The Morgan fingerprint density at radius 1 is 1.36 bits per heavy atom. The normalized spacial score (nSPS) is 11.8. The van der Waals surface area contributed by atoms with Crippen molar-refractivity contribution in [3.8, 4) is 11.3 Å². The number of hydrogen-bond donors (Lipinski definition) is 4. The lowest BCUT2D eigenvalue weighted by atomic mass is 10.1. The third-order valence-corrected chi connectivity index (χ3v) is 3.82. The highest BCUT2D eigenvalue weighted by Gasteiger charge is 2.14. The number of ether oxygens (including phenoxy) is 1. The minimum absolute atomic E-state index is 0.165. The molecule has 10 nitrogen and oxygen atoms in total. The van der Waals surface area contributed by atoms with Gasteiger partial charge in [-0.2, -0.15) is 4.98 Å². The molecule has 0 aliphatic carbocycles. The van der Waals surface area contributed by atoms with Crippen LogP contribution in [0, 0.1) is 0 Å². The lowest BCUT2D eigenvalue weighted by molar-refractivity contribution is 0.100. The van der Waals surface area contributed by atoms with Gasteiger partial charge in [0.2, 0.25) is 5.95 Å². The molecular formula is C18H21N7O3. The van der Waals surface area contributed by atoms with Crippen molar-refractivity contribution in [2.45, 2.75) is 6.04 Å². The van der Waals surface area contributed by atoms with Gasteiger partial charge in [-0.1, -0.05) is 17.3 Å². The summed E-state index contributed by atoms with van der Waals surface area (Å²) < 4.78 is 9.87. The van der Waals surface area contributed by atoms with Gasteiger partial charge in [-0.05, 0) is 12.1 Å². The number of aromatic nitrogens is 3. The predicted molar refractivity (Wildman–Crippen MR) is 104 cm³/mol. The van der Waals surface area contributed by atoms with E-state index in [9.17, 15) is 4.79 Å². The maximum absolute atomic E-state index is 11.8. The van der Waals surface area contributed by atoms with E-state index in [0.29, 0.717) is 30.5 Å². The maximum atomic E-state index is 11.8. The van der Waals surface area contributed by atoms with Crippen LogP contribution in [0.4, 0.5) is 17.5 Å². The summed E-state index contributed by atoms with van der Waals surface area (Å²) in [6, 6.07) is 8.96. The smallest absolute Gasteiger partial charge is 0.254 e. The Labute approximate surface area is 161 Å². The van der Waals surface area contributed by atoms with Crippen LogP contribution in [0.25, 0.3) is 11.3 Å². The highest BCUT2D eigenvalue weighted by Crippen LogP contribution is 2.24. The lowest BCUT2D eigenvalue weighted by Crippen LogP contribution is -2.33. The number of methoxy groups -OCH3 is 1. The molecule has 6 N–H and O–H groups in total. The van der Waals surface area contributed by atoms with Gasteiger partial charge in [-0.25, -0.2) is 4.98 Å². The number of carbonyl (C=O) groups excluding carboxylic acids is 1. The maximum Gasteiger partial charge on any atom is 0.254 e. The number of benzene rings is 1. The van der Waals surface area contributed by atoms with Crippen molar-refractivity contribution in [1.29, 1.82) is 0 Å². The van der Waals surface area contributed by atoms with Gasteiger partial charge in [0.15, 0.2) is 0 Å². The molecule has 0 aliphatic rings. The molecule has 0 bridgehead atoms. The molecule has 10 heteroatoms. The second-order valence-electron chi connectivity index (χ2n) is 6.01. The summed E-state index contributed by atoms with van der Waals surface area (Å²) in [4.78, 5) is 20.2. The van der Waals surface area contributed by atoms with E-state index in [4.69, 9.17) is 20.7 Å². The fourth-order valence-corrected chi connectivity index (χ4v) is 2.49. The van der Waals surface area contributed by atoms with Crippen LogP contribution in [0.1, 0.15) is 10.4 Å². The summed E-state index contributed by atoms with van der Waals surface area (Å²) in [5.74, 6) is -0.0490. The number of nitrogens with one attached hydrogen (secondary N) is 2. The highest BCUT2D eigenvalue weighted by molar-refractivity contribution is 5.98. The van der Waals surface area contributed by atoms with Crippen molar-refractivity contribution < 1.29 is 14.1 Å². The van der Waals surface area contributed by atoms with E-state index >= 15 is 0 Å². The number of carbonyl (C=O) groups is 1. The Balaban J connectivity index is 1.82. The molecule has 1 atom stereocenters. The van der Waals surface area contributed by atoms with Crippen molar-refractivity contribution in [1.82, 2.24) is 15.1 Å². The van der Waals surface area contributed by atoms with Crippen LogP contribution in [0.15, 0.2) is 47.3 Å². The Morgan fingerprint density at radius 2 is 2.21 bits per heavy atom.